The van der Waals surface area contributed by atoms with E-state index < -0.39 is 0 Å². The fourth-order valence-corrected chi connectivity index (χ4v) is 2.28. The summed E-state index contributed by atoms with van der Waals surface area (Å²) in [6.07, 6.45) is 1.59. The van der Waals surface area contributed by atoms with Gasteiger partial charge in [0.2, 0.25) is 5.91 Å². The second-order valence-corrected chi connectivity index (χ2v) is 4.85. The van der Waals surface area contributed by atoms with Gasteiger partial charge in [0, 0.05) is 51.6 Å². The summed E-state index contributed by atoms with van der Waals surface area (Å²) in [5.74, 6) is -0.0927. The highest BCUT2D eigenvalue weighted by Crippen LogP contribution is 2.10. The van der Waals surface area contributed by atoms with Gasteiger partial charge >= 0.3 is 0 Å². The van der Waals surface area contributed by atoms with Gasteiger partial charge in [0.25, 0.3) is 5.91 Å². The molecular formula is C14H20N4O3. The van der Waals surface area contributed by atoms with Crippen molar-refractivity contribution in [1.29, 1.82) is 0 Å². The second kappa shape index (κ2) is 7.14. The molecule has 0 radical (unpaired) electrons. The van der Waals surface area contributed by atoms with Crippen LogP contribution in [-0.2, 0) is 16.1 Å². The molecule has 0 atom stereocenters. The Labute approximate surface area is 123 Å². The van der Waals surface area contributed by atoms with E-state index in [1.807, 2.05) is 0 Å². The van der Waals surface area contributed by atoms with Crippen LogP contribution in [0.4, 0.5) is 0 Å². The molecule has 2 heterocycles. The Morgan fingerprint density at radius 1 is 1.29 bits per heavy atom. The number of piperazine rings is 1. The fraction of sp³-hybridized carbons (Fsp3) is 0.500. The third-order valence-corrected chi connectivity index (χ3v) is 3.46. The molecule has 21 heavy (non-hydrogen) atoms. The summed E-state index contributed by atoms with van der Waals surface area (Å²) in [5, 5.41) is 0. The maximum absolute atomic E-state index is 12.4. The Hall–Kier alpha value is -1.99. The van der Waals surface area contributed by atoms with Crippen molar-refractivity contribution >= 4 is 11.8 Å². The lowest BCUT2D eigenvalue weighted by atomic mass is 10.2. The van der Waals surface area contributed by atoms with Crippen LogP contribution < -0.4 is 5.73 Å². The van der Waals surface area contributed by atoms with E-state index >= 15 is 0 Å². The van der Waals surface area contributed by atoms with Gasteiger partial charge in [-0.15, -0.1) is 0 Å². The van der Waals surface area contributed by atoms with E-state index in [1.54, 1.807) is 28.1 Å². The quantitative estimate of drug-likeness (QED) is 0.806. The van der Waals surface area contributed by atoms with Crippen LogP contribution in [0.3, 0.4) is 0 Å². The summed E-state index contributed by atoms with van der Waals surface area (Å²) in [6, 6.07) is 3.40. The summed E-state index contributed by atoms with van der Waals surface area (Å²) in [7, 11) is 1.50. The molecule has 0 aromatic carbocycles. The summed E-state index contributed by atoms with van der Waals surface area (Å²) in [5.41, 5.74) is 6.81. The zero-order valence-electron chi connectivity index (χ0n) is 12.1. The topological polar surface area (TPSA) is 88.8 Å². The van der Waals surface area contributed by atoms with Gasteiger partial charge in [-0.25, -0.2) is 0 Å². The largest absolute Gasteiger partial charge is 0.375 e. The van der Waals surface area contributed by atoms with Crippen LogP contribution in [0.25, 0.3) is 0 Å². The van der Waals surface area contributed by atoms with Crippen LogP contribution in [0, 0.1) is 0 Å². The molecule has 1 aliphatic rings. The van der Waals surface area contributed by atoms with Crippen LogP contribution >= 0.6 is 0 Å². The molecule has 1 fully saturated rings. The predicted octanol–water partition coefficient (Wildman–Crippen LogP) is -0.529. The number of methoxy groups -OCH3 is 1. The van der Waals surface area contributed by atoms with E-state index in [-0.39, 0.29) is 18.4 Å². The van der Waals surface area contributed by atoms with E-state index in [0.717, 1.165) is 0 Å². The molecule has 2 N–H and O–H groups in total. The van der Waals surface area contributed by atoms with Gasteiger partial charge in [-0.3, -0.25) is 14.6 Å². The third kappa shape index (κ3) is 3.77. The number of hydrogen-bond acceptors (Lipinski definition) is 5. The lowest BCUT2D eigenvalue weighted by Gasteiger charge is -2.34. The molecule has 1 saturated heterocycles. The molecule has 2 rings (SSSR count). The first kappa shape index (κ1) is 15.4. The van der Waals surface area contributed by atoms with Crippen molar-refractivity contribution in [1.82, 2.24) is 14.8 Å². The van der Waals surface area contributed by atoms with E-state index in [9.17, 15) is 9.59 Å². The average molecular weight is 292 g/mol. The van der Waals surface area contributed by atoms with E-state index in [2.05, 4.69) is 4.98 Å². The number of carbonyl (C=O) groups excluding carboxylic acids is 2. The average Bonchev–Trinajstić information content (AvgIpc) is 2.54. The first-order valence-electron chi connectivity index (χ1n) is 6.86. The number of ether oxygens (including phenoxy) is 1. The zero-order chi connectivity index (χ0) is 15.2. The van der Waals surface area contributed by atoms with Crippen molar-refractivity contribution < 1.29 is 14.3 Å². The lowest BCUT2D eigenvalue weighted by molar-refractivity contribution is -0.136. The molecule has 0 aliphatic carbocycles. The lowest BCUT2D eigenvalue weighted by Crippen LogP contribution is -2.51. The predicted molar refractivity (Wildman–Crippen MR) is 76.5 cm³/mol. The molecule has 1 aliphatic heterocycles. The molecule has 1 aromatic rings. The van der Waals surface area contributed by atoms with Crippen molar-refractivity contribution in [2.45, 2.75) is 6.54 Å². The van der Waals surface area contributed by atoms with Crippen molar-refractivity contribution in [3.8, 4) is 0 Å². The Morgan fingerprint density at radius 2 is 1.95 bits per heavy atom. The highest BCUT2D eigenvalue weighted by Gasteiger charge is 2.24. The molecule has 0 spiro atoms. The van der Waals surface area contributed by atoms with Gasteiger partial charge in [-0.05, 0) is 12.1 Å². The number of hydrogen-bond donors (Lipinski definition) is 1. The standard InChI is InChI=1S/C14H20N4O3/c1-21-10-13(19)17-4-6-18(7-5-17)14(20)11-2-3-16-12(8-11)9-15/h2-3,8H,4-7,9-10,15H2,1H3. The van der Waals surface area contributed by atoms with Crippen molar-refractivity contribution in [3.63, 3.8) is 0 Å². The van der Waals surface area contributed by atoms with Crippen molar-refractivity contribution in [2.75, 3.05) is 39.9 Å². The van der Waals surface area contributed by atoms with E-state index in [4.69, 9.17) is 10.5 Å². The summed E-state index contributed by atoms with van der Waals surface area (Å²) < 4.78 is 4.84. The summed E-state index contributed by atoms with van der Waals surface area (Å²) >= 11 is 0. The van der Waals surface area contributed by atoms with E-state index in [1.165, 1.54) is 7.11 Å². The van der Waals surface area contributed by atoms with Crippen LogP contribution in [0.5, 0.6) is 0 Å². The maximum atomic E-state index is 12.4. The summed E-state index contributed by atoms with van der Waals surface area (Å²) in [6.45, 7) is 2.49. The molecule has 0 bridgehead atoms. The number of aromatic nitrogens is 1. The monoisotopic (exact) mass is 292 g/mol. The first-order valence-corrected chi connectivity index (χ1v) is 6.86. The minimum absolute atomic E-state index is 0.0427. The SMILES string of the molecule is COCC(=O)N1CCN(C(=O)c2ccnc(CN)c2)CC1. The number of rotatable bonds is 4. The number of pyridine rings is 1. The number of amides is 2. The van der Waals surface area contributed by atoms with Gasteiger partial charge in [0.1, 0.15) is 6.61 Å². The van der Waals surface area contributed by atoms with Crippen LogP contribution in [0.15, 0.2) is 18.3 Å². The van der Waals surface area contributed by atoms with Gasteiger partial charge in [0.05, 0.1) is 5.69 Å². The van der Waals surface area contributed by atoms with E-state index in [0.29, 0.717) is 44.0 Å². The minimum atomic E-state index is -0.0501. The molecule has 7 nitrogen and oxygen atoms in total. The Kier molecular flexibility index (Phi) is 5.24. The molecule has 0 saturated carbocycles. The Balaban J connectivity index is 1.95. The third-order valence-electron chi connectivity index (χ3n) is 3.46. The fourth-order valence-electron chi connectivity index (χ4n) is 2.28. The van der Waals surface area contributed by atoms with Gasteiger partial charge < -0.3 is 20.3 Å². The molecule has 2 amide bonds. The molecule has 1 aromatic heterocycles. The number of nitrogens with zero attached hydrogens (tertiary/aromatic N) is 3. The minimum Gasteiger partial charge on any atom is -0.375 e. The number of carbonyl (C=O) groups is 2. The van der Waals surface area contributed by atoms with Gasteiger partial charge in [-0.1, -0.05) is 0 Å². The highest BCUT2D eigenvalue weighted by molar-refractivity contribution is 5.94. The Morgan fingerprint density at radius 3 is 2.57 bits per heavy atom. The van der Waals surface area contributed by atoms with Gasteiger partial charge in [-0.2, -0.15) is 0 Å². The second-order valence-electron chi connectivity index (χ2n) is 4.85. The van der Waals surface area contributed by atoms with Crippen LogP contribution in [0.1, 0.15) is 16.1 Å². The molecule has 114 valence electrons. The maximum Gasteiger partial charge on any atom is 0.254 e. The van der Waals surface area contributed by atoms with Gasteiger partial charge in [0.15, 0.2) is 0 Å². The zero-order valence-corrected chi connectivity index (χ0v) is 12.1. The number of nitrogens with two attached hydrogens (primary N) is 1. The first-order chi connectivity index (χ1) is 10.2. The van der Waals surface area contributed by atoms with Crippen molar-refractivity contribution in [2.24, 2.45) is 5.73 Å². The summed E-state index contributed by atoms with van der Waals surface area (Å²) in [4.78, 5) is 31.6. The normalized spacial score (nSPS) is 15.1. The molecule has 7 heteroatoms. The molecule has 0 unspecified atom stereocenters. The highest BCUT2D eigenvalue weighted by atomic mass is 16.5. The Bertz CT molecular complexity index is 513. The van der Waals surface area contributed by atoms with Crippen LogP contribution in [-0.4, -0.2) is 66.5 Å². The van der Waals surface area contributed by atoms with Crippen LogP contribution in [0.2, 0.25) is 0 Å². The molecular weight excluding hydrogens is 272 g/mol. The van der Waals surface area contributed by atoms with Crippen molar-refractivity contribution in [3.05, 3.63) is 29.6 Å². The smallest absolute Gasteiger partial charge is 0.254 e.